The first-order valence-corrected chi connectivity index (χ1v) is 9.34. The molecular weight excluding hydrogens is 338 g/mol. The number of rotatable bonds is 4. The van der Waals surface area contributed by atoms with Crippen LogP contribution in [0.2, 0.25) is 0 Å². The second-order valence-electron chi connectivity index (χ2n) is 7.22. The Morgan fingerprint density at radius 1 is 0.889 bits per heavy atom. The van der Waals surface area contributed by atoms with E-state index in [-0.39, 0.29) is 11.8 Å². The van der Waals surface area contributed by atoms with Crippen LogP contribution in [-0.4, -0.2) is 61.9 Å². The Morgan fingerprint density at radius 3 is 2.07 bits per heavy atom. The molecule has 0 bridgehead atoms. The third kappa shape index (κ3) is 4.48. The number of nitrogens with zero attached hydrogens (tertiary/aromatic N) is 3. The van der Waals surface area contributed by atoms with Gasteiger partial charge in [0.05, 0.1) is 6.42 Å². The quantitative estimate of drug-likeness (QED) is 0.837. The van der Waals surface area contributed by atoms with E-state index in [1.807, 2.05) is 84.2 Å². The fourth-order valence-corrected chi connectivity index (χ4v) is 3.33. The molecule has 1 aliphatic heterocycles. The molecule has 3 rings (SSSR count). The first-order valence-electron chi connectivity index (χ1n) is 9.34. The highest BCUT2D eigenvalue weighted by molar-refractivity contribution is 5.94. The van der Waals surface area contributed by atoms with Crippen LogP contribution in [0.25, 0.3) is 0 Å². The van der Waals surface area contributed by atoms with Gasteiger partial charge in [0.1, 0.15) is 0 Å². The van der Waals surface area contributed by atoms with Crippen LogP contribution in [0.15, 0.2) is 48.5 Å². The molecule has 1 saturated heterocycles. The molecule has 5 heteroatoms. The number of piperazine rings is 1. The van der Waals surface area contributed by atoms with E-state index in [4.69, 9.17) is 0 Å². The zero-order valence-corrected chi connectivity index (χ0v) is 16.3. The molecule has 142 valence electrons. The summed E-state index contributed by atoms with van der Waals surface area (Å²) in [4.78, 5) is 31.0. The number of amides is 2. The van der Waals surface area contributed by atoms with Gasteiger partial charge < -0.3 is 14.7 Å². The number of carbonyl (C=O) groups is 2. The van der Waals surface area contributed by atoms with Crippen molar-refractivity contribution in [3.63, 3.8) is 0 Å². The summed E-state index contributed by atoms with van der Waals surface area (Å²) in [5, 5.41) is 0. The molecule has 1 heterocycles. The van der Waals surface area contributed by atoms with Crippen molar-refractivity contribution in [2.24, 2.45) is 0 Å². The smallest absolute Gasteiger partial charge is 0.253 e. The number of aryl methyl sites for hydroxylation is 1. The van der Waals surface area contributed by atoms with Crippen LogP contribution in [0.4, 0.5) is 5.69 Å². The summed E-state index contributed by atoms with van der Waals surface area (Å²) in [5.74, 6) is 0.165. The van der Waals surface area contributed by atoms with Crippen molar-refractivity contribution in [3.05, 3.63) is 65.2 Å². The molecule has 0 atom stereocenters. The van der Waals surface area contributed by atoms with Gasteiger partial charge in [-0.05, 0) is 42.3 Å². The van der Waals surface area contributed by atoms with Gasteiger partial charge in [-0.1, -0.05) is 24.3 Å². The van der Waals surface area contributed by atoms with Crippen LogP contribution >= 0.6 is 0 Å². The minimum atomic E-state index is 0.0336. The highest BCUT2D eigenvalue weighted by atomic mass is 16.2. The lowest BCUT2D eigenvalue weighted by Gasteiger charge is -2.35. The molecule has 0 saturated carbocycles. The minimum absolute atomic E-state index is 0.0336. The van der Waals surface area contributed by atoms with E-state index >= 15 is 0 Å². The van der Waals surface area contributed by atoms with Crippen molar-refractivity contribution >= 4 is 17.5 Å². The van der Waals surface area contributed by atoms with Gasteiger partial charge in [-0.2, -0.15) is 0 Å². The van der Waals surface area contributed by atoms with Gasteiger partial charge in [-0.3, -0.25) is 9.59 Å². The Bertz CT molecular complexity index is 807. The van der Waals surface area contributed by atoms with Gasteiger partial charge in [-0.25, -0.2) is 0 Å². The van der Waals surface area contributed by atoms with Crippen LogP contribution in [0.5, 0.6) is 0 Å². The number of benzene rings is 2. The Morgan fingerprint density at radius 2 is 1.48 bits per heavy atom. The summed E-state index contributed by atoms with van der Waals surface area (Å²) in [6.45, 7) is 4.36. The molecule has 1 aliphatic rings. The Balaban J connectivity index is 1.55. The van der Waals surface area contributed by atoms with Crippen LogP contribution in [-0.2, 0) is 11.2 Å². The van der Waals surface area contributed by atoms with Crippen molar-refractivity contribution in [3.8, 4) is 0 Å². The van der Waals surface area contributed by atoms with Gasteiger partial charge in [0.25, 0.3) is 5.91 Å². The molecule has 2 aromatic rings. The molecular formula is C22H27N3O2. The van der Waals surface area contributed by atoms with Crippen molar-refractivity contribution in [1.29, 1.82) is 0 Å². The molecule has 1 fully saturated rings. The van der Waals surface area contributed by atoms with Crippen molar-refractivity contribution in [2.75, 3.05) is 45.2 Å². The van der Waals surface area contributed by atoms with Gasteiger partial charge in [0.15, 0.2) is 0 Å². The van der Waals surface area contributed by atoms with E-state index in [1.165, 1.54) is 0 Å². The summed E-state index contributed by atoms with van der Waals surface area (Å²) in [7, 11) is 3.95. The average Bonchev–Trinajstić information content (AvgIpc) is 2.69. The van der Waals surface area contributed by atoms with Crippen LogP contribution in [0, 0.1) is 6.92 Å². The number of carbonyl (C=O) groups excluding carboxylic acids is 2. The summed E-state index contributed by atoms with van der Waals surface area (Å²) in [6, 6.07) is 15.6. The average molecular weight is 365 g/mol. The maximum absolute atomic E-state index is 12.7. The highest BCUT2D eigenvalue weighted by Crippen LogP contribution is 2.16. The lowest BCUT2D eigenvalue weighted by Crippen LogP contribution is -2.51. The van der Waals surface area contributed by atoms with Crippen LogP contribution in [0.1, 0.15) is 21.5 Å². The topological polar surface area (TPSA) is 43.9 Å². The van der Waals surface area contributed by atoms with Gasteiger partial charge in [0.2, 0.25) is 5.91 Å². The highest BCUT2D eigenvalue weighted by Gasteiger charge is 2.25. The minimum Gasteiger partial charge on any atom is -0.378 e. The third-order valence-electron chi connectivity index (χ3n) is 5.15. The lowest BCUT2D eigenvalue weighted by molar-refractivity contribution is -0.131. The zero-order valence-electron chi connectivity index (χ0n) is 16.3. The van der Waals surface area contributed by atoms with Gasteiger partial charge in [-0.15, -0.1) is 0 Å². The molecule has 27 heavy (non-hydrogen) atoms. The molecule has 0 spiro atoms. The number of hydrogen-bond acceptors (Lipinski definition) is 3. The summed E-state index contributed by atoms with van der Waals surface area (Å²) >= 11 is 0. The second kappa shape index (κ2) is 8.25. The maximum Gasteiger partial charge on any atom is 0.253 e. The molecule has 0 radical (unpaired) electrons. The van der Waals surface area contributed by atoms with Gasteiger partial charge in [0, 0.05) is 51.5 Å². The largest absolute Gasteiger partial charge is 0.378 e. The van der Waals surface area contributed by atoms with Crippen molar-refractivity contribution in [1.82, 2.24) is 9.80 Å². The fourth-order valence-electron chi connectivity index (χ4n) is 3.33. The molecule has 2 aromatic carbocycles. The van der Waals surface area contributed by atoms with Gasteiger partial charge >= 0.3 is 0 Å². The fraction of sp³-hybridized carbons (Fsp3) is 0.364. The molecule has 0 N–H and O–H groups in total. The molecule has 2 amide bonds. The Kier molecular flexibility index (Phi) is 5.79. The predicted octanol–water partition coefficient (Wildman–Crippen LogP) is 2.59. The SMILES string of the molecule is Cc1ccccc1CC(=O)N1CCN(C(=O)c2ccc(N(C)C)cc2)CC1. The monoisotopic (exact) mass is 365 g/mol. The zero-order chi connectivity index (χ0) is 19.4. The standard InChI is InChI=1S/C22H27N3O2/c1-17-6-4-5-7-19(17)16-21(26)24-12-14-25(15-13-24)22(27)18-8-10-20(11-9-18)23(2)3/h4-11H,12-16H2,1-3H3. The maximum atomic E-state index is 12.7. The van der Waals surface area contributed by atoms with E-state index in [9.17, 15) is 9.59 Å². The lowest BCUT2D eigenvalue weighted by atomic mass is 10.1. The normalized spacial score (nSPS) is 14.2. The van der Waals surface area contributed by atoms with Crippen molar-refractivity contribution < 1.29 is 9.59 Å². The predicted molar refractivity (Wildman–Crippen MR) is 108 cm³/mol. The Hall–Kier alpha value is -2.82. The van der Waals surface area contributed by atoms with E-state index in [1.54, 1.807) is 0 Å². The first kappa shape index (κ1) is 19.0. The van der Waals surface area contributed by atoms with E-state index in [2.05, 4.69) is 0 Å². The number of anilines is 1. The molecule has 0 aromatic heterocycles. The van der Waals surface area contributed by atoms with Crippen LogP contribution < -0.4 is 4.90 Å². The molecule has 0 aliphatic carbocycles. The summed E-state index contributed by atoms with van der Waals surface area (Å²) in [6.07, 6.45) is 0.423. The van der Waals surface area contributed by atoms with Crippen molar-refractivity contribution in [2.45, 2.75) is 13.3 Å². The summed E-state index contributed by atoms with van der Waals surface area (Å²) < 4.78 is 0. The Labute approximate surface area is 161 Å². The van der Waals surface area contributed by atoms with E-state index < -0.39 is 0 Å². The third-order valence-corrected chi connectivity index (χ3v) is 5.15. The van der Waals surface area contributed by atoms with E-state index in [0.29, 0.717) is 38.2 Å². The number of hydrogen-bond donors (Lipinski definition) is 0. The van der Waals surface area contributed by atoms with Crippen LogP contribution in [0.3, 0.4) is 0 Å². The first-order chi connectivity index (χ1) is 13.0. The molecule has 0 unspecified atom stereocenters. The van der Waals surface area contributed by atoms with E-state index in [0.717, 1.165) is 16.8 Å². The second-order valence-corrected chi connectivity index (χ2v) is 7.22. The molecule has 5 nitrogen and oxygen atoms in total. The summed E-state index contributed by atoms with van der Waals surface area (Å²) in [5.41, 5.74) is 3.97.